The molecule has 1 atom stereocenters. The number of ether oxygens (including phenoxy) is 1. The van der Waals surface area contributed by atoms with Gasteiger partial charge >= 0.3 is 5.97 Å². The minimum Gasteiger partial charge on any atom is -0.481 e. The molecule has 3 aromatic rings. The van der Waals surface area contributed by atoms with Gasteiger partial charge in [-0.1, -0.05) is 18.2 Å². The second-order valence-corrected chi connectivity index (χ2v) is 6.83. The third-order valence-electron chi connectivity index (χ3n) is 5.24. The van der Waals surface area contributed by atoms with Gasteiger partial charge in [-0.3, -0.25) is 4.79 Å². The Bertz CT molecular complexity index is 958. The number of fused-ring (bicyclic) bond motifs is 1. The molecule has 0 spiro atoms. The highest BCUT2D eigenvalue weighted by Crippen LogP contribution is 2.38. The van der Waals surface area contributed by atoms with Gasteiger partial charge in [0.25, 0.3) is 0 Å². The monoisotopic (exact) mass is 367 g/mol. The molecule has 4 rings (SSSR count). The van der Waals surface area contributed by atoms with E-state index in [1.807, 2.05) is 35.2 Å². The number of methoxy groups -OCH3 is 1. The minimum atomic E-state index is -0.817. The van der Waals surface area contributed by atoms with E-state index in [4.69, 9.17) is 4.74 Å². The van der Waals surface area contributed by atoms with Crippen LogP contribution in [0.3, 0.4) is 0 Å². The first-order valence-electron chi connectivity index (χ1n) is 8.86. The van der Waals surface area contributed by atoms with Gasteiger partial charge in [-0.15, -0.1) is 0 Å². The van der Waals surface area contributed by atoms with E-state index in [-0.39, 0.29) is 0 Å². The lowest BCUT2D eigenvalue weighted by Crippen LogP contribution is -2.36. The summed E-state index contributed by atoms with van der Waals surface area (Å²) in [4.78, 5) is 22.8. The topological polar surface area (TPSA) is 93.4 Å². The van der Waals surface area contributed by atoms with Gasteiger partial charge in [-0.25, -0.2) is 14.6 Å². The van der Waals surface area contributed by atoms with Crippen molar-refractivity contribution in [2.24, 2.45) is 5.41 Å². The molecular weight excluding hydrogens is 346 g/mol. The molecule has 2 aromatic heterocycles. The van der Waals surface area contributed by atoms with E-state index in [1.54, 1.807) is 18.0 Å². The number of carboxylic acids is 1. The number of rotatable bonds is 6. The number of para-hydroxylation sites is 1. The molecule has 0 saturated carbocycles. The number of nitrogens with zero attached hydrogens (tertiary/aromatic N) is 5. The summed E-state index contributed by atoms with van der Waals surface area (Å²) in [6.07, 6.45) is 4.29. The number of hydrogen-bond donors (Lipinski definition) is 1. The van der Waals surface area contributed by atoms with Crippen molar-refractivity contribution < 1.29 is 14.6 Å². The molecule has 1 aliphatic heterocycles. The number of aromatic nitrogens is 4. The highest BCUT2D eigenvalue weighted by Gasteiger charge is 2.45. The zero-order valence-electron chi connectivity index (χ0n) is 15.1. The van der Waals surface area contributed by atoms with E-state index in [1.165, 1.54) is 6.33 Å². The third kappa shape index (κ3) is 3.02. The molecule has 0 radical (unpaired) electrons. The number of benzene rings is 1. The Kier molecular flexibility index (Phi) is 4.49. The van der Waals surface area contributed by atoms with Crippen LogP contribution in [0.25, 0.3) is 16.7 Å². The van der Waals surface area contributed by atoms with Crippen molar-refractivity contribution in [2.45, 2.75) is 12.8 Å². The summed E-state index contributed by atoms with van der Waals surface area (Å²) in [5.74, 6) is -0.0601. The first kappa shape index (κ1) is 17.4. The van der Waals surface area contributed by atoms with Gasteiger partial charge in [0.05, 0.1) is 22.7 Å². The van der Waals surface area contributed by atoms with Crippen LogP contribution in [-0.2, 0) is 9.53 Å². The molecular formula is C19H21N5O3. The average Bonchev–Trinajstić information content (AvgIpc) is 3.32. The van der Waals surface area contributed by atoms with Gasteiger partial charge in [0.1, 0.15) is 12.1 Å². The van der Waals surface area contributed by atoms with Crippen LogP contribution in [0.4, 0.5) is 5.82 Å². The van der Waals surface area contributed by atoms with E-state index >= 15 is 0 Å². The van der Waals surface area contributed by atoms with Crippen LogP contribution in [0.15, 0.2) is 42.9 Å². The van der Waals surface area contributed by atoms with Crippen LogP contribution >= 0.6 is 0 Å². The highest BCUT2D eigenvalue weighted by molar-refractivity contribution is 5.88. The summed E-state index contributed by atoms with van der Waals surface area (Å²) in [7, 11) is 1.59. The standard InChI is InChI=1S/C19H21N5O3/c1-27-10-8-19(18(25)26)7-9-23(12-19)16-15-11-22-24(17(15)21-13-20-16)14-5-3-2-4-6-14/h2-6,11,13H,7-10,12H2,1H3,(H,25,26). The molecule has 1 N–H and O–H groups in total. The summed E-state index contributed by atoms with van der Waals surface area (Å²) in [5.41, 5.74) is 0.803. The lowest BCUT2D eigenvalue weighted by Gasteiger charge is -2.25. The van der Waals surface area contributed by atoms with Crippen LogP contribution in [0.5, 0.6) is 0 Å². The molecule has 8 heteroatoms. The Hall–Kier alpha value is -3.00. The number of hydrogen-bond acceptors (Lipinski definition) is 6. The lowest BCUT2D eigenvalue weighted by molar-refractivity contribution is -0.148. The Morgan fingerprint density at radius 1 is 1.30 bits per heavy atom. The second-order valence-electron chi connectivity index (χ2n) is 6.83. The molecule has 8 nitrogen and oxygen atoms in total. The van der Waals surface area contributed by atoms with E-state index in [9.17, 15) is 9.90 Å². The molecule has 1 saturated heterocycles. The Morgan fingerprint density at radius 3 is 2.85 bits per heavy atom. The van der Waals surface area contributed by atoms with Crippen molar-refractivity contribution in [3.05, 3.63) is 42.9 Å². The fourth-order valence-corrected chi connectivity index (χ4v) is 3.68. The number of carbonyl (C=O) groups is 1. The molecule has 1 fully saturated rings. The lowest BCUT2D eigenvalue weighted by atomic mass is 9.84. The molecule has 1 aliphatic rings. The zero-order valence-corrected chi connectivity index (χ0v) is 15.1. The first-order valence-corrected chi connectivity index (χ1v) is 8.86. The van der Waals surface area contributed by atoms with Gasteiger partial charge in [0.15, 0.2) is 5.65 Å². The average molecular weight is 367 g/mol. The first-order chi connectivity index (χ1) is 13.1. The maximum absolute atomic E-state index is 11.9. The van der Waals surface area contributed by atoms with Crippen molar-refractivity contribution in [2.75, 3.05) is 31.7 Å². The number of carboxylic acid groups (broad SMARTS) is 1. The summed E-state index contributed by atoms with van der Waals surface area (Å²) in [6.45, 7) is 1.44. The van der Waals surface area contributed by atoms with Crippen molar-refractivity contribution in [1.82, 2.24) is 19.7 Å². The fraction of sp³-hybridized carbons (Fsp3) is 0.368. The van der Waals surface area contributed by atoms with E-state index < -0.39 is 11.4 Å². The van der Waals surface area contributed by atoms with Crippen molar-refractivity contribution in [1.29, 1.82) is 0 Å². The van der Waals surface area contributed by atoms with Gasteiger partial charge in [0, 0.05) is 26.8 Å². The number of aliphatic carboxylic acids is 1. The van der Waals surface area contributed by atoms with Gasteiger partial charge in [-0.2, -0.15) is 5.10 Å². The van der Waals surface area contributed by atoms with Gasteiger partial charge in [0.2, 0.25) is 0 Å². The van der Waals surface area contributed by atoms with Crippen LogP contribution in [0, 0.1) is 5.41 Å². The second kappa shape index (κ2) is 6.96. The van der Waals surface area contributed by atoms with Crippen molar-refractivity contribution in [3.8, 4) is 5.69 Å². The molecule has 140 valence electrons. The maximum Gasteiger partial charge on any atom is 0.311 e. The predicted molar refractivity (Wildman–Crippen MR) is 100 cm³/mol. The van der Waals surface area contributed by atoms with Crippen LogP contribution in [0.2, 0.25) is 0 Å². The Balaban J connectivity index is 1.69. The Morgan fingerprint density at radius 2 is 2.11 bits per heavy atom. The van der Waals surface area contributed by atoms with E-state index in [2.05, 4.69) is 15.1 Å². The van der Waals surface area contributed by atoms with Crippen LogP contribution in [-0.4, -0.2) is 57.6 Å². The Labute approximate surface area is 156 Å². The summed E-state index contributed by atoms with van der Waals surface area (Å²) in [6, 6.07) is 9.77. The molecule has 27 heavy (non-hydrogen) atoms. The summed E-state index contributed by atoms with van der Waals surface area (Å²) in [5, 5.41) is 15.1. The fourth-order valence-electron chi connectivity index (χ4n) is 3.68. The molecule has 0 bridgehead atoms. The van der Waals surface area contributed by atoms with Crippen LogP contribution in [0.1, 0.15) is 12.8 Å². The van der Waals surface area contributed by atoms with Crippen LogP contribution < -0.4 is 4.90 Å². The summed E-state index contributed by atoms with van der Waals surface area (Å²) >= 11 is 0. The molecule has 3 heterocycles. The van der Waals surface area contributed by atoms with Crippen molar-refractivity contribution >= 4 is 22.8 Å². The molecule has 0 amide bonds. The molecule has 0 aliphatic carbocycles. The number of anilines is 1. The predicted octanol–water partition coefficient (Wildman–Crippen LogP) is 2.13. The normalized spacial score (nSPS) is 19.7. The van der Waals surface area contributed by atoms with Gasteiger partial charge < -0.3 is 14.7 Å². The largest absolute Gasteiger partial charge is 0.481 e. The molecule has 1 unspecified atom stereocenters. The van der Waals surface area contributed by atoms with E-state index in [0.717, 1.165) is 16.9 Å². The minimum absolute atomic E-state index is 0.397. The molecule has 1 aromatic carbocycles. The highest BCUT2D eigenvalue weighted by atomic mass is 16.5. The van der Waals surface area contributed by atoms with Gasteiger partial charge in [-0.05, 0) is 25.0 Å². The maximum atomic E-state index is 11.9. The SMILES string of the molecule is COCCC1(C(=O)O)CCN(c2ncnc3c2cnn3-c2ccccc2)C1. The van der Waals surface area contributed by atoms with Crippen molar-refractivity contribution in [3.63, 3.8) is 0 Å². The quantitative estimate of drug-likeness (QED) is 0.713. The smallest absolute Gasteiger partial charge is 0.311 e. The summed E-state index contributed by atoms with van der Waals surface area (Å²) < 4.78 is 6.89. The zero-order chi connectivity index (χ0) is 18.9. The van der Waals surface area contributed by atoms with E-state index in [0.29, 0.717) is 38.2 Å². The third-order valence-corrected chi connectivity index (χ3v) is 5.24.